The van der Waals surface area contributed by atoms with E-state index in [1.165, 1.54) is 0 Å². The van der Waals surface area contributed by atoms with Crippen molar-refractivity contribution in [2.45, 2.75) is 13.0 Å². The molecule has 0 unspecified atom stereocenters. The molecule has 1 aromatic carbocycles. The van der Waals surface area contributed by atoms with E-state index in [0.29, 0.717) is 12.5 Å². The zero-order valence-corrected chi connectivity index (χ0v) is 14.0. The molecule has 24 heavy (non-hydrogen) atoms. The maximum Gasteiger partial charge on any atom is 0.213 e. The molecule has 1 saturated heterocycles. The highest BCUT2D eigenvalue weighted by Gasteiger charge is 2.08. The van der Waals surface area contributed by atoms with Crippen molar-refractivity contribution in [2.24, 2.45) is 0 Å². The molecule has 0 saturated carbocycles. The number of anilines is 1. The summed E-state index contributed by atoms with van der Waals surface area (Å²) in [6.45, 7) is 6.43. The molecule has 1 fully saturated rings. The first kappa shape index (κ1) is 16.7. The van der Waals surface area contributed by atoms with Gasteiger partial charge in [0.15, 0.2) is 0 Å². The number of ether oxygens (including phenoxy) is 2. The Morgan fingerprint density at radius 3 is 2.67 bits per heavy atom. The number of aromatic nitrogens is 1. The van der Waals surface area contributed by atoms with Gasteiger partial charge in [0.05, 0.1) is 25.1 Å². The van der Waals surface area contributed by atoms with Crippen LogP contribution < -0.4 is 10.1 Å². The van der Waals surface area contributed by atoms with Gasteiger partial charge in [0.2, 0.25) is 5.88 Å². The fraction of sp³-hybridized carbons (Fsp3) is 0.421. The summed E-state index contributed by atoms with van der Waals surface area (Å²) >= 11 is 0. The molecular weight excluding hydrogens is 302 g/mol. The Hall–Kier alpha value is -2.11. The minimum atomic E-state index is 0.542. The molecule has 2 aromatic rings. The van der Waals surface area contributed by atoms with Gasteiger partial charge in [-0.1, -0.05) is 30.3 Å². The van der Waals surface area contributed by atoms with Gasteiger partial charge >= 0.3 is 0 Å². The molecule has 128 valence electrons. The summed E-state index contributed by atoms with van der Waals surface area (Å²) in [5.74, 6) is 0.651. The van der Waals surface area contributed by atoms with Gasteiger partial charge in [0.25, 0.3) is 0 Å². The number of rotatable bonds is 8. The van der Waals surface area contributed by atoms with Gasteiger partial charge in [-0.05, 0) is 24.6 Å². The van der Waals surface area contributed by atoms with E-state index in [2.05, 4.69) is 15.2 Å². The normalized spacial score (nSPS) is 15.2. The van der Waals surface area contributed by atoms with Gasteiger partial charge in [-0.2, -0.15) is 0 Å². The van der Waals surface area contributed by atoms with Crippen molar-refractivity contribution in [3.05, 3.63) is 54.2 Å². The lowest BCUT2D eigenvalue weighted by Gasteiger charge is -2.26. The summed E-state index contributed by atoms with van der Waals surface area (Å²) in [7, 11) is 0. The van der Waals surface area contributed by atoms with E-state index in [1.54, 1.807) is 0 Å². The van der Waals surface area contributed by atoms with Crippen LogP contribution in [-0.4, -0.2) is 49.3 Å². The summed E-state index contributed by atoms with van der Waals surface area (Å²) in [5.41, 5.74) is 2.17. The maximum absolute atomic E-state index is 5.69. The van der Waals surface area contributed by atoms with E-state index in [4.69, 9.17) is 9.47 Å². The lowest BCUT2D eigenvalue weighted by Crippen LogP contribution is -2.37. The SMILES string of the molecule is c1ccc(COc2ccc(NCCCN3CCOCC3)cn2)cc1. The van der Waals surface area contributed by atoms with E-state index in [1.807, 2.05) is 48.7 Å². The molecule has 0 bridgehead atoms. The minimum Gasteiger partial charge on any atom is -0.473 e. The minimum absolute atomic E-state index is 0.542. The van der Waals surface area contributed by atoms with Crippen LogP contribution in [0.4, 0.5) is 5.69 Å². The summed E-state index contributed by atoms with van der Waals surface area (Å²) in [6.07, 6.45) is 2.95. The van der Waals surface area contributed by atoms with Crippen LogP contribution in [0.15, 0.2) is 48.7 Å². The third-order valence-electron chi connectivity index (χ3n) is 4.05. The summed E-state index contributed by atoms with van der Waals surface area (Å²) in [5, 5.41) is 3.41. The van der Waals surface area contributed by atoms with Crippen LogP contribution >= 0.6 is 0 Å². The van der Waals surface area contributed by atoms with Gasteiger partial charge in [-0.3, -0.25) is 4.90 Å². The van der Waals surface area contributed by atoms with Gasteiger partial charge < -0.3 is 14.8 Å². The number of nitrogens with zero attached hydrogens (tertiary/aromatic N) is 2. The van der Waals surface area contributed by atoms with Crippen LogP contribution in [0.2, 0.25) is 0 Å². The van der Waals surface area contributed by atoms with Crippen molar-refractivity contribution in [3.8, 4) is 5.88 Å². The average Bonchev–Trinajstić information content (AvgIpc) is 2.66. The lowest BCUT2D eigenvalue weighted by atomic mass is 10.2. The summed E-state index contributed by atoms with van der Waals surface area (Å²) in [4.78, 5) is 6.80. The summed E-state index contributed by atoms with van der Waals surface area (Å²) < 4.78 is 11.1. The number of nitrogens with one attached hydrogen (secondary N) is 1. The van der Waals surface area contributed by atoms with E-state index in [0.717, 1.165) is 57.1 Å². The van der Waals surface area contributed by atoms with Crippen LogP contribution in [0.3, 0.4) is 0 Å². The predicted octanol–water partition coefficient (Wildman–Crippen LogP) is 2.79. The van der Waals surface area contributed by atoms with E-state index in [-0.39, 0.29) is 0 Å². The fourth-order valence-corrected chi connectivity index (χ4v) is 2.66. The number of benzene rings is 1. The second-order valence-electron chi connectivity index (χ2n) is 5.89. The molecule has 0 atom stereocenters. The topological polar surface area (TPSA) is 46.6 Å². The van der Waals surface area contributed by atoms with Gasteiger partial charge in [0.1, 0.15) is 6.61 Å². The number of pyridine rings is 1. The fourth-order valence-electron chi connectivity index (χ4n) is 2.66. The van der Waals surface area contributed by atoms with Crippen LogP contribution in [-0.2, 0) is 11.3 Å². The number of hydrogen-bond acceptors (Lipinski definition) is 5. The first-order valence-electron chi connectivity index (χ1n) is 8.57. The highest BCUT2D eigenvalue weighted by molar-refractivity contribution is 5.41. The Morgan fingerprint density at radius 1 is 1.08 bits per heavy atom. The zero-order chi connectivity index (χ0) is 16.5. The maximum atomic E-state index is 5.69. The molecule has 1 N–H and O–H groups in total. The third-order valence-corrected chi connectivity index (χ3v) is 4.05. The van der Waals surface area contributed by atoms with Crippen LogP contribution in [0, 0.1) is 0 Å². The Balaban J connectivity index is 1.35. The van der Waals surface area contributed by atoms with Crippen molar-refractivity contribution >= 4 is 5.69 Å². The average molecular weight is 327 g/mol. The quantitative estimate of drug-likeness (QED) is 0.756. The monoisotopic (exact) mass is 327 g/mol. The highest BCUT2D eigenvalue weighted by Crippen LogP contribution is 2.13. The molecule has 0 spiro atoms. The smallest absolute Gasteiger partial charge is 0.213 e. The third kappa shape index (κ3) is 5.51. The molecule has 5 nitrogen and oxygen atoms in total. The van der Waals surface area contributed by atoms with E-state index >= 15 is 0 Å². The van der Waals surface area contributed by atoms with E-state index < -0.39 is 0 Å². The molecule has 1 aromatic heterocycles. The van der Waals surface area contributed by atoms with Crippen molar-refractivity contribution in [1.82, 2.24) is 9.88 Å². The molecule has 5 heteroatoms. The van der Waals surface area contributed by atoms with Crippen molar-refractivity contribution in [3.63, 3.8) is 0 Å². The Morgan fingerprint density at radius 2 is 1.92 bits per heavy atom. The molecule has 2 heterocycles. The summed E-state index contributed by atoms with van der Waals surface area (Å²) in [6, 6.07) is 14.0. The molecular formula is C19H25N3O2. The lowest BCUT2D eigenvalue weighted by molar-refractivity contribution is 0.0378. The molecule has 1 aliphatic rings. The van der Waals surface area contributed by atoms with E-state index in [9.17, 15) is 0 Å². The Bertz CT molecular complexity index is 583. The van der Waals surface area contributed by atoms with Crippen molar-refractivity contribution in [1.29, 1.82) is 0 Å². The number of morpholine rings is 1. The molecule has 0 amide bonds. The first-order valence-corrected chi connectivity index (χ1v) is 8.57. The molecule has 3 rings (SSSR count). The predicted molar refractivity (Wildman–Crippen MR) is 95.4 cm³/mol. The zero-order valence-electron chi connectivity index (χ0n) is 14.0. The largest absolute Gasteiger partial charge is 0.473 e. The first-order chi connectivity index (χ1) is 11.9. The van der Waals surface area contributed by atoms with Crippen LogP contribution in [0.5, 0.6) is 5.88 Å². The van der Waals surface area contributed by atoms with Crippen molar-refractivity contribution < 1.29 is 9.47 Å². The second-order valence-corrected chi connectivity index (χ2v) is 5.89. The Labute approximate surface area is 143 Å². The van der Waals surface area contributed by atoms with Gasteiger partial charge in [-0.15, -0.1) is 0 Å². The molecule has 0 radical (unpaired) electrons. The standard InChI is InChI=1S/C19H25N3O2/c1-2-5-17(6-3-1)16-24-19-8-7-18(15-21-19)20-9-4-10-22-11-13-23-14-12-22/h1-3,5-8,15,20H,4,9-14,16H2. The number of hydrogen-bond donors (Lipinski definition) is 1. The van der Waals surface area contributed by atoms with Crippen LogP contribution in [0.25, 0.3) is 0 Å². The van der Waals surface area contributed by atoms with Gasteiger partial charge in [0, 0.05) is 25.7 Å². The van der Waals surface area contributed by atoms with Gasteiger partial charge in [-0.25, -0.2) is 4.98 Å². The van der Waals surface area contributed by atoms with Crippen molar-refractivity contribution in [2.75, 3.05) is 44.7 Å². The molecule has 1 aliphatic heterocycles. The highest BCUT2D eigenvalue weighted by atomic mass is 16.5. The molecule has 0 aliphatic carbocycles. The van der Waals surface area contributed by atoms with Crippen LogP contribution in [0.1, 0.15) is 12.0 Å². The Kier molecular flexibility index (Phi) is 6.45. The second kappa shape index (κ2) is 9.25.